The Balaban J connectivity index is 2.08. The van der Waals surface area contributed by atoms with E-state index in [9.17, 15) is 13.6 Å². The van der Waals surface area contributed by atoms with Crippen molar-refractivity contribution in [3.8, 4) is 5.75 Å². The second-order valence-corrected chi connectivity index (χ2v) is 5.89. The highest BCUT2D eigenvalue weighted by atomic mass is 19.3. The van der Waals surface area contributed by atoms with Crippen LogP contribution in [0.5, 0.6) is 5.75 Å². The number of aryl methyl sites for hydroxylation is 3. The van der Waals surface area contributed by atoms with Crippen LogP contribution in [0.2, 0.25) is 0 Å². The van der Waals surface area contributed by atoms with E-state index in [4.69, 9.17) is 4.74 Å². The first-order chi connectivity index (χ1) is 11.3. The van der Waals surface area contributed by atoms with Crippen molar-refractivity contribution in [1.29, 1.82) is 0 Å². The quantitative estimate of drug-likeness (QED) is 0.859. The molecule has 0 bridgehead atoms. The number of nitrogens with zero attached hydrogens (tertiary/aromatic N) is 2. The van der Waals surface area contributed by atoms with Crippen molar-refractivity contribution in [3.63, 3.8) is 0 Å². The summed E-state index contributed by atoms with van der Waals surface area (Å²) in [5.41, 5.74) is 3.32. The van der Waals surface area contributed by atoms with Gasteiger partial charge in [-0.2, -0.15) is 8.78 Å². The van der Waals surface area contributed by atoms with E-state index in [2.05, 4.69) is 4.98 Å². The molecule has 0 saturated carbocycles. The molecule has 6 heteroatoms. The minimum atomic E-state index is -3.87. The number of ether oxygens (including phenoxy) is 1. The number of alkyl halides is 2. The van der Waals surface area contributed by atoms with Crippen LogP contribution in [-0.2, 0) is 17.8 Å². The molecule has 0 atom stereocenters. The van der Waals surface area contributed by atoms with Crippen LogP contribution in [0.25, 0.3) is 0 Å². The third-order valence-corrected chi connectivity index (χ3v) is 3.95. The summed E-state index contributed by atoms with van der Waals surface area (Å²) in [6.45, 7) is 5.56. The third-order valence-electron chi connectivity index (χ3n) is 3.95. The van der Waals surface area contributed by atoms with Gasteiger partial charge in [-0.1, -0.05) is 19.1 Å². The Labute approximate surface area is 139 Å². The number of fused-ring (bicyclic) bond motifs is 1. The SMILES string of the molecule is CCc1cccc2c1OC(F)(F)C(=O)N2Cc1cc(C)nc(C)c1. The van der Waals surface area contributed by atoms with Crippen molar-refractivity contribution in [3.05, 3.63) is 52.8 Å². The number of para-hydroxylation sites is 1. The molecule has 0 spiro atoms. The van der Waals surface area contributed by atoms with Gasteiger partial charge in [0, 0.05) is 11.4 Å². The molecule has 0 unspecified atom stereocenters. The second-order valence-electron chi connectivity index (χ2n) is 5.89. The van der Waals surface area contributed by atoms with Gasteiger partial charge in [0.25, 0.3) is 0 Å². The molecule has 126 valence electrons. The van der Waals surface area contributed by atoms with Crippen LogP contribution in [0.3, 0.4) is 0 Å². The molecule has 0 aliphatic carbocycles. The van der Waals surface area contributed by atoms with E-state index in [0.29, 0.717) is 17.7 Å². The minimum Gasteiger partial charge on any atom is -0.423 e. The Bertz CT molecular complexity index is 785. The summed E-state index contributed by atoms with van der Waals surface area (Å²) in [6.07, 6.45) is -3.33. The van der Waals surface area contributed by atoms with E-state index in [1.807, 2.05) is 20.8 Å². The Morgan fingerprint density at radius 3 is 2.50 bits per heavy atom. The molecule has 0 fully saturated rings. The molecule has 24 heavy (non-hydrogen) atoms. The van der Waals surface area contributed by atoms with Crippen molar-refractivity contribution in [1.82, 2.24) is 4.98 Å². The van der Waals surface area contributed by atoms with Gasteiger partial charge >= 0.3 is 12.0 Å². The zero-order valence-electron chi connectivity index (χ0n) is 13.8. The van der Waals surface area contributed by atoms with Crippen molar-refractivity contribution in [2.75, 3.05) is 4.90 Å². The fraction of sp³-hybridized carbons (Fsp3) is 0.333. The van der Waals surface area contributed by atoms with Crippen LogP contribution in [0, 0.1) is 13.8 Å². The molecule has 1 aliphatic heterocycles. The maximum atomic E-state index is 14.1. The van der Waals surface area contributed by atoms with Crippen LogP contribution in [-0.4, -0.2) is 17.0 Å². The van der Waals surface area contributed by atoms with Crippen LogP contribution in [0.4, 0.5) is 14.5 Å². The first kappa shape index (κ1) is 16.4. The molecule has 1 aromatic carbocycles. The van der Waals surface area contributed by atoms with E-state index in [1.165, 1.54) is 0 Å². The van der Waals surface area contributed by atoms with Gasteiger partial charge in [-0.15, -0.1) is 0 Å². The average molecular weight is 332 g/mol. The lowest BCUT2D eigenvalue weighted by atomic mass is 10.1. The van der Waals surface area contributed by atoms with Crippen molar-refractivity contribution in [2.45, 2.75) is 39.8 Å². The number of carbonyl (C=O) groups excluding carboxylic acids is 1. The first-order valence-electron chi connectivity index (χ1n) is 7.76. The number of amides is 1. The lowest BCUT2D eigenvalue weighted by Crippen LogP contribution is -2.50. The molecule has 0 saturated heterocycles. The monoisotopic (exact) mass is 332 g/mol. The van der Waals surface area contributed by atoms with Crippen molar-refractivity contribution < 1.29 is 18.3 Å². The highest BCUT2D eigenvalue weighted by Crippen LogP contribution is 2.42. The molecule has 2 aromatic rings. The Morgan fingerprint density at radius 1 is 1.21 bits per heavy atom. The normalized spacial score (nSPS) is 15.9. The van der Waals surface area contributed by atoms with E-state index in [-0.39, 0.29) is 12.3 Å². The zero-order valence-corrected chi connectivity index (χ0v) is 13.8. The van der Waals surface area contributed by atoms with Crippen LogP contribution < -0.4 is 9.64 Å². The maximum Gasteiger partial charge on any atom is 0.483 e. The molecule has 4 nitrogen and oxygen atoms in total. The van der Waals surface area contributed by atoms with Gasteiger partial charge in [0.15, 0.2) is 5.75 Å². The smallest absolute Gasteiger partial charge is 0.423 e. The highest BCUT2D eigenvalue weighted by Gasteiger charge is 2.51. The second kappa shape index (κ2) is 5.85. The van der Waals surface area contributed by atoms with E-state index >= 15 is 0 Å². The molecule has 1 amide bonds. The summed E-state index contributed by atoms with van der Waals surface area (Å²) in [4.78, 5) is 17.6. The number of pyridine rings is 1. The van der Waals surface area contributed by atoms with Crippen LogP contribution >= 0.6 is 0 Å². The number of benzene rings is 1. The lowest BCUT2D eigenvalue weighted by Gasteiger charge is -2.34. The summed E-state index contributed by atoms with van der Waals surface area (Å²) in [5, 5.41) is 0. The predicted octanol–water partition coefficient (Wildman–Crippen LogP) is 3.78. The Hall–Kier alpha value is -2.50. The molecule has 0 radical (unpaired) electrons. The number of carbonyl (C=O) groups is 1. The van der Waals surface area contributed by atoms with Crippen molar-refractivity contribution >= 4 is 11.6 Å². The number of hydrogen-bond acceptors (Lipinski definition) is 3. The fourth-order valence-electron chi connectivity index (χ4n) is 2.97. The predicted molar refractivity (Wildman–Crippen MR) is 86.3 cm³/mol. The number of anilines is 1. The number of halogens is 2. The van der Waals surface area contributed by atoms with Gasteiger partial charge in [-0.25, -0.2) is 0 Å². The van der Waals surface area contributed by atoms with Crippen LogP contribution in [0.1, 0.15) is 29.4 Å². The summed E-state index contributed by atoms with van der Waals surface area (Å²) >= 11 is 0. The van der Waals surface area contributed by atoms with E-state index in [0.717, 1.165) is 21.9 Å². The first-order valence-corrected chi connectivity index (χ1v) is 7.76. The molecule has 3 rings (SSSR count). The van der Waals surface area contributed by atoms with E-state index < -0.39 is 12.0 Å². The summed E-state index contributed by atoms with van der Waals surface area (Å²) in [7, 11) is 0. The van der Waals surface area contributed by atoms with Crippen molar-refractivity contribution in [2.24, 2.45) is 0 Å². The summed E-state index contributed by atoms with van der Waals surface area (Å²) in [5.74, 6) is -1.28. The molecular formula is C18H18F2N2O2. The van der Waals surface area contributed by atoms with Gasteiger partial charge in [-0.05, 0) is 49.6 Å². The minimum absolute atomic E-state index is 0.0438. The van der Waals surface area contributed by atoms with Gasteiger partial charge < -0.3 is 4.74 Å². The average Bonchev–Trinajstić information content (AvgIpc) is 2.50. The third kappa shape index (κ3) is 2.84. The van der Waals surface area contributed by atoms with Crippen LogP contribution in [0.15, 0.2) is 30.3 Å². The molecule has 1 aromatic heterocycles. The number of rotatable bonds is 3. The number of aromatic nitrogens is 1. The largest absolute Gasteiger partial charge is 0.483 e. The topological polar surface area (TPSA) is 42.4 Å². The molecule has 0 N–H and O–H groups in total. The molecular weight excluding hydrogens is 314 g/mol. The van der Waals surface area contributed by atoms with E-state index in [1.54, 1.807) is 30.3 Å². The van der Waals surface area contributed by atoms with Gasteiger partial charge in [0.05, 0.1) is 12.2 Å². The molecule has 1 aliphatic rings. The molecule has 2 heterocycles. The van der Waals surface area contributed by atoms with Gasteiger partial charge in [0.1, 0.15) is 0 Å². The highest BCUT2D eigenvalue weighted by molar-refractivity contribution is 6.01. The zero-order chi connectivity index (χ0) is 17.5. The maximum absolute atomic E-state index is 14.1. The summed E-state index contributed by atoms with van der Waals surface area (Å²) < 4.78 is 32.9. The Kier molecular flexibility index (Phi) is 3.99. The summed E-state index contributed by atoms with van der Waals surface area (Å²) in [6, 6.07) is 8.68. The fourth-order valence-corrected chi connectivity index (χ4v) is 2.97. The van der Waals surface area contributed by atoms with Gasteiger partial charge in [-0.3, -0.25) is 14.7 Å². The Morgan fingerprint density at radius 2 is 1.88 bits per heavy atom. The lowest BCUT2D eigenvalue weighted by molar-refractivity contribution is -0.193. The number of hydrogen-bond donors (Lipinski definition) is 0. The standard InChI is InChI=1S/C18H18F2N2O2/c1-4-14-6-5-7-15-16(14)24-18(19,20)17(23)22(15)10-13-8-11(2)21-12(3)9-13/h5-9H,4,10H2,1-3H3. The van der Waals surface area contributed by atoms with Gasteiger partial charge in [0.2, 0.25) is 0 Å².